The summed E-state index contributed by atoms with van der Waals surface area (Å²) in [6, 6.07) is 19.8. The molecular formula is C20H16N4O2. The Hall–Kier alpha value is -3.85. The summed E-state index contributed by atoms with van der Waals surface area (Å²) in [6.45, 7) is 0. The lowest BCUT2D eigenvalue weighted by Gasteiger charge is -2.10. The van der Waals surface area contributed by atoms with Crippen molar-refractivity contribution < 1.29 is 9.53 Å². The van der Waals surface area contributed by atoms with Gasteiger partial charge in [0.05, 0.1) is 35.9 Å². The molecule has 0 aliphatic rings. The largest absolute Gasteiger partial charge is 0.495 e. The molecule has 1 aromatic heterocycles. The minimum absolute atomic E-state index is 0.273. The predicted molar refractivity (Wildman–Crippen MR) is 99.6 cm³/mol. The number of nitrogens with one attached hydrogen (secondary N) is 2. The summed E-state index contributed by atoms with van der Waals surface area (Å²) in [5.74, 6) is 0.241. The minimum Gasteiger partial charge on any atom is -0.495 e. The molecule has 0 radical (unpaired) electrons. The van der Waals surface area contributed by atoms with Gasteiger partial charge in [-0.3, -0.25) is 4.79 Å². The Morgan fingerprint density at radius 2 is 1.77 bits per heavy atom. The smallest absolute Gasteiger partial charge is 0.274 e. The maximum atomic E-state index is 12.4. The van der Waals surface area contributed by atoms with E-state index in [0.717, 1.165) is 0 Å². The molecule has 3 rings (SSSR count). The molecule has 1 heterocycles. The van der Waals surface area contributed by atoms with E-state index in [0.29, 0.717) is 28.4 Å². The fourth-order valence-corrected chi connectivity index (χ4v) is 2.38. The second kappa shape index (κ2) is 7.81. The summed E-state index contributed by atoms with van der Waals surface area (Å²) >= 11 is 0. The molecule has 2 N–H and O–H groups in total. The molecule has 0 aliphatic carbocycles. The van der Waals surface area contributed by atoms with E-state index in [1.54, 1.807) is 55.8 Å². The zero-order chi connectivity index (χ0) is 18.4. The third kappa shape index (κ3) is 3.79. The molecule has 6 heteroatoms. The number of methoxy groups -OCH3 is 1. The lowest BCUT2D eigenvalue weighted by molar-refractivity contribution is 0.102. The number of benzene rings is 2. The normalized spacial score (nSPS) is 9.85. The molecule has 1 amide bonds. The summed E-state index contributed by atoms with van der Waals surface area (Å²) in [4.78, 5) is 16.5. The summed E-state index contributed by atoms with van der Waals surface area (Å²) < 4.78 is 5.22. The van der Waals surface area contributed by atoms with Crippen LogP contribution in [-0.2, 0) is 0 Å². The maximum Gasteiger partial charge on any atom is 0.274 e. The number of hydrogen-bond acceptors (Lipinski definition) is 5. The Morgan fingerprint density at radius 1 is 1.04 bits per heavy atom. The molecule has 0 bridgehead atoms. The van der Waals surface area contributed by atoms with Crippen LogP contribution in [-0.4, -0.2) is 18.0 Å². The Bertz CT molecular complexity index is 962. The number of ether oxygens (including phenoxy) is 1. The Labute approximate surface area is 151 Å². The second-order valence-corrected chi connectivity index (χ2v) is 5.37. The van der Waals surface area contributed by atoms with Crippen molar-refractivity contribution in [2.45, 2.75) is 0 Å². The topological polar surface area (TPSA) is 87.0 Å². The van der Waals surface area contributed by atoms with Crippen LogP contribution in [0.1, 0.15) is 16.1 Å². The Morgan fingerprint density at radius 3 is 2.46 bits per heavy atom. The lowest BCUT2D eigenvalue weighted by Crippen LogP contribution is -2.14. The molecule has 128 valence electrons. The van der Waals surface area contributed by atoms with Crippen LogP contribution in [0, 0.1) is 11.3 Å². The molecule has 2 aromatic carbocycles. The van der Waals surface area contributed by atoms with Crippen molar-refractivity contribution in [2.75, 3.05) is 17.7 Å². The van der Waals surface area contributed by atoms with Crippen LogP contribution < -0.4 is 15.4 Å². The summed E-state index contributed by atoms with van der Waals surface area (Å²) in [5.41, 5.74) is 2.75. The maximum absolute atomic E-state index is 12.4. The number of rotatable bonds is 5. The fourth-order valence-electron chi connectivity index (χ4n) is 2.38. The van der Waals surface area contributed by atoms with Crippen molar-refractivity contribution in [2.24, 2.45) is 0 Å². The summed E-state index contributed by atoms with van der Waals surface area (Å²) in [5, 5.41) is 15.0. The molecule has 0 aliphatic heterocycles. The molecule has 26 heavy (non-hydrogen) atoms. The quantitative estimate of drug-likeness (QED) is 0.731. The van der Waals surface area contributed by atoms with Crippen LogP contribution in [0.4, 0.5) is 17.1 Å². The first kappa shape index (κ1) is 17.0. The van der Waals surface area contributed by atoms with Crippen LogP contribution in [0.2, 0.25) is 0 Å². The fraction of sp³-hybridized carbons (Fsp3) is 0.0500. The average Bonchev–Trinajstić information content (AvgIpc) is 2.69. The van der Waals surface area contributed by atoms with E-state index >= 15 is 0 Å². The standard InChI is InChI=1S/C20H16N4O2/c1-26-19-9-5-4-8-17(19)24-20(25)18-11-10-15(13-22-18)23-16-7-3-2-6-14(16)12-21/h2-11,13,23H,1H3,(H,24,25). The molecule has 0 saturated carbocycles. The van der Waals surface area contributed by atoms with Crippen molar-refractivity contribution in [1.29, 1.82) is 5.26 Å². The van der Waals surface area contributed by atoms with Gasteiger partial charge in [0.2, 0.25) is 0 Å². The first-order valence-corrected chi connectivity index (χ1v) is 7.88. The molecule has 6 nitrogen and oxygen atoms in total. The average molecular weight is 344 g/mol. The number of pyridine rings is 1. The highest BCUT2D eigenvalue weighted by molar-refractivity contribution is 6.03. The molecular weight excluding hydrogens is 328 g/mol. The first-order chi connectivity index (χ1) is 12.7. The molecule has 0 unspecified atom stereocenters. The second-order valence-electron chi connectivity index (χ2n) is 5.37. The number of nitrogens with zero attached hydrogens (tertiary/aromatic N) is 2. The van der Waals surface area contributed by atoms with Crippen LogP contribution >= 0.6 is 0 Å². The van der Waals surface area contributed by atoms with E-state index in [-0.39, 0.29) is 11.6 Å². The number of para-hydroxylation sites is 3. The van der Waals surface area contributed by atoms with Crippen molar-refractivity contribution in [1.82, 2.24) is 4.98 Å². The van der Waals surface area contributed by atoms with Gasteiger partial charge >= 0.3 is 0 Å². The van der Waals surface area contributed by atoms with Gasteiger partial charge in [0.25, 0.3) is 5.91 Å². The summed E-state index contributed by atoms with van der Waals surface area (Å²) in [6.07, 6.45) is 1.55. The van der Waals surface area contributed by atoms with Gasteiger partial charge in [0.1, 0.15) is 17.5 Å². The third-order valence-electron chi connectivity index (χ3n) is 3.68. The van der Waals surface area contributed by atoms with Crippen LogP contribution in [0.25, 0.3) is 0 Å². The van der Waals surface area contributed by atoms with E-state index in [2.05, 4.69) is 21.7 Å². The van der Waals surface area contributed by atoms with Crippen molar-refractivity contribution >= 4 is 23.0 Å². The van der Waals surface area contributed by atoms with Crippen molar-refractivity contribution in [3.63, 3.8) is 0 Å². The number of anilines is 3. The van der Waals surface area contributed by atoms with Crippen LogP contribution in [0.5, 0.6) is 5.75 Å². The Kier molecular flexibility index (Phi) is 5.11. The number of hydrogen-bond donors (Lipinski definition) is 2. The lowest BCUT2D eigenvalue weighted by atomic mass is 10.2. The molecule has 0 fully saturated rings. The summed E-state index contributed by atoms with van der Waals surface area (Å²) in [7, 11) is 1.54. The van der Waals surface area contributed by atoms with Crippen molar-refractivity contribution in [3.8, 4) is 11.8 Å². The molecule has 0 saturated heterocycles. The van der Waals surface area contributed by atoms with Gasteiger partial charge in [0, 0.05) is 0 Å². The SMILES string of the molecule is COc1ccccc1NC(=O)c1ccc(Nc2ccccc2C#N)cn1. The van der Waals surface area contributed by atoms with Gasteiger partial charge in [-0.25, -0.2) is 4.98 Å². The highest BCUT2D eigenvalue weighted by Gasteiger charge is 2.11. The molecule has 3 aromatic rings. The van der Waals surface area contributed by atoms with E-state index in [9.17, 15) is 4.79 Å². The first-order valence-electron chi connectivity index (χ1n) is 7.88. The van der Waals surface area contributed by atoms with Crippen LogP contribution in [0.15, 0.2) is 66.9 Å². The zero-order valence-electron chi connectivity index (χ0n) is 14.1. The van der Waals surface area contributed by atoms with E-state index in [1.165, 1.54) is 0 Å². The van der Waals surface area contributed by atoms with E-state index < -0.39 is 0 Å². The number of amides is 1. The van der Waals surface area contributed by atoms with Crippen molar-refractivity contribution in [3.05, 3.63) is 78.1 Å². The van der Waals surface area contributed by atoms with E-state index in [1.807, 2.05) is 18.2 Å². The number of carbonyl (C=O) groups is 1. The van der Waals surface area contributed by atoms with Crippen LogP contribution in [0.3, 0.4) is 0 Å². The molecule has 0 spiro atoms. The van der Waals surface area contributed by atoms with Gasteiger partial charge < -0.3 is 15.4 Å². The zero-order valence-corrected chi connectivity index (χ0v) is 14.1. The highest BCUT2D eigenvalue weighted by atomic mass is 16.5. The van der Waals surface area contributed by atoms with E-state index in [4.69, 9.17) is 10.00 Å². The molecule has 0 atom stereocenters. The van der Waals surface area contributed by atoms with Gasteiger partial charge in [0.15, 0.2) is 0 Å². The minimum atomic E-state index is -0.335. The van der Waals surface area contributed by atoms with Gasteiger partial charge in [-0.05, 0) is 36.4 Å². The third-order valence-corrected chi connectivity index (χ3v) is 3.68. The van der Waals surface area contributed by atoms with Gasteiger partial charge in [-0.15, -0.1) is 0 Å². The van der Waals surface area contributed by atoms with Gasteiger partial charge in [-0.1, -0.05) is 24.3 Å². The number of carbonyl (C=O) groups excluding carboxylic acids is 1. The monoisotopic (exact) mass is 344 g/mol. The predicted octanol–water partition coefficient (Wildman–Crippen LogP) is 3.96. The number of nitriles is 1. The Balaban J connectivity index is 1.73. The highest BCUT2D eigenvalue weighted by Crippen LogP contribution is 2.24. The number of aromatic nitrogens is 1. The van der Waals surface area contributed by atoms with Gasteiger partial charge in [-0.2, -0.15) is 5.26 Å².